The third-order valence-electron chi connectivity index (χ3n) is 8.80. The van der Waals surface area contributed by atoms with Gasteiger partial charge in [0.25, 0.3) is 17.4 Å². The van der Waals surface area contributed by atoms with E-state index in [0.29, 0.717) is 23.0 Å². The monoisotopic (exact) mass is 618 g/mol. The van der Waals surface area contributed by atoms with Gasteiger partial charge < -0.3 is 30.7 Å². The number of anilines is 1. The van der Waals surface area contributed by atoms with Crippen molar-refractivity contribution in [2.45, 2.75) is 64.2 Å². The maximum atomic E-state index is 13.4. The number of likely N-dealkylation sites (tertiary alicyclic amines) is 1. The fraction of sp³-hybridized carbons (Fsp3) is 0.438. The van der Waals surface area contributed by atoms with Crippen molar-refractivity contribution in [1.29, 1.82) is 0 Å². The summed E-state index contributed by atoms with van der Waals surface area (Å²) in [5.41, 5.74) is 5.37. The lowest BCUT2D eigenvalue weighted by atomic mass is 9.76. The van der Waals surface area contributed by atoms with Gasteiger partial charge in [-0.1, -0.05) is 24.6 Å². The number of fused-ring (bicyclic) bond motifs is 3. The number of aromatic nitrogens is 1. The average molecular weight is 619 g/mol. The van der Waals surface area contributed by atoms with E-state index in [9.17, 15) is 28.8 Å². The predicted octanol–water partition coefficient (Wildman–Crippen LogP) is 1.67. The van der Waals surface area contributed by atoms with E-state index in [-0.39, 0.29) is 36.5 Å². The van der Waals surface area contributed by atoms with E-state index in [0.717, 1.165) is 31.2 Å². The first-order valence-electron chi connectivity index (χ1n) is 15.1. The van der Waals surface area contributed by atoms with E-state index in [1.54, 1.807) is 31.2 Å². The highest BCUT2D eigenvalue weighted by Crippen LogP contribution is 2.36. The van der Waals surface area contributed by atoms with Gasteiger partial charge in [-0.15, -0.1) is 0 Å². The van der Waals surface area contributed by atoms with Crippen LogP contribution in [0, 0.1) is 18.8 Å². The van der Waals surface area contributed by atoms with Gasteiger partial charge in [0.05, 0.1) is 6.17 Å². The van der Waals surface area contributed by atoms with Crippen molar-refractivity contribution in [1.82, 2.24) is 20.1 Å². The van der Waals surface area contributed by atoms with Crippen LogP contribution in [0.3, 0.4) is 0 Å². The number of Topliss-reactive ketones (excluding diaryl/α,β-unsaturated/α-hetero) is 1. The fourth-order valence-electron chi connectivity index (χ4n) is 6.52. The Bertz CT molecular complexity index is 1690. The summed E-state index contributed by atoms with van der Waals surface area (Å²) >= 11 is 0. The molecule has 2 aromatic heterocycles. The highest BCUT2D eigenvalue weighted by Gasteiger charge is 2.37. The molecule has 13 nitrogen and oxygen atoms in total. The van der Waals surface area contributed by atoms with Crippen molar-refractivity contribution in [2.75, 3.05) is 18.9 Å². The minimum Gasteiger partial charge on any atom is -0.451 e. The number of nitrogens with one attached hydrogen (secondary N) is 3. The van der Waals surface area contributed by atoms with Crippen molar-refractivity contribution in [2.24, 2.45) is 17.6 Å². The Morgan fingerprint density at radius 2 is 1.87 bits per heavy atom. The minimum atomic E-state index is -1.33. The number of pyridine rings is 1. The molecule has 3 aromatic rings. The van der Waals surface area contributed by atoms with Gasteiger partial charge in [-0.05, 0) is 69.7 Å². The van der Waals surface area contributed by atoms with Crippen molar-refractivity contribution in [3.05, 3.63) is 64.3 Å². The number of carbonyl (C=O) groups is 5. The van der Waals surface area contributed by atoms with Crippen LogP contribution in [0.25, 0.3) is 11.0 Å². The molecule has 2 bridgehead atoms. The number of piperidine rings is 1. The first kappa shape index (κ1) is 31.6. The van der Waals surface area contributed by atoms with Gasteiger partial charge in [0, 0.05) is 30.1 Å². The Balaban J connectivity index is 1.29. The summed E-state index contributed by atoms with van der Waals surface area (Å²) in [5, 5.41) is 8.86. The largest absolute Gasteiger partial charge is 0.451 e. The normalized spacial score (nSPS) is 20.3. The molecule has 5 N–H and O–H groups in total. The summed E-state index contributed by atoms with van der Waals surface area (Å²) in [6.07, 6.45) is 5.15. The zero-order valence-electron chi connectivity index (χ0n) is 25.3. The zero-order valence-corrected chi connectivity index (χ0v) is 25.3. The van der Waals surface area contributed by atoms with E-state index < -0.39 is 41.5 Å². The van der Waals surface area contributed by atoms with Crippen LogP contribution in [-0.2, 0) is 25.7 Å². The maximum absolute atomic E-state index is 13.4. The average Bonchev–Trinajstić information content (AvgIpc) is 3.35. The number of carbonyl (C=O) groups excluding carboxylic acids is 5. The summed E-state index contributed by atoms with van der Waals surface area (Å²) in [6, 6.07) is 8.62. The van der Waals surface area contributed by atoms with Gasteiger partial charge in [-0.25, -0.2) is 0 Å². The zero-order chi connectivity index (χ0) is 32.2. The van der Waals surface area contributed by atoms with Crippen LogP contribution in [0.2, 0.25) is 0 Å². The number of amides is 4. The summed E-state index contributed by atoms with van der Waals surface area (Å²) < 4.78 is 6.89. The van der Waals surface area contributed by atoms with Gasteiger partial charge >= 0.3 is 0 Å². The summed E-state index contributed by atoms with van der Waals surface area (Å²) in [6.45, 7) is 2.37. The lowest BCUT2D eigenvalue weighted by molar-refractivity contribution is -0.136. The SMILES string of the molecule is Cc1c(C(=O)NC(CCC(=O)C(N)=O)C(=O)Nc2cccn(CC(=O)NC3C4CCCC(C4)CN3C)c2=O)oc2ccccc12. The number of nitrogens with two attached hydrogens (primary N) is 1. The number of para-hydroxylation sites is 1. The number of benzene rings is 1. The van der Waals surface area contributed by atoms with Crippen LogP contribution in [0.1, 0.15) is 54.6 Å². The van der Waals surface area contributed by atoms with Crippen LogP contribution in [0.4, 0.5) is 5.69 Å². The number of hydrogen-bond acceptors (Lipinski definition) is 8. The van der Waals surface area contributed by atoms with E-state index in [2.05, 4.69) is 20.9 Å². The molecule has 4 unspecified atom stereocenters. The van der Waals surface area contributed by atoms with E-state index >= 15 is 0 Å². The molecule has 1 aliphatic heterocycles. The van der Waals surface area contributed by atoms with Gasteiger partial charge in [-0.3, -0.25) is 33.7 Å². The molecule has 3 heterocycles. The van der Waals surface area contributed by atoms with Gasteiger partial charge in [0.1, 0.15) is 23.9 Å². The molecular weight excluding hydrogens is 580 g/mol. The molecule has 45 heavy (non-hydrogen) atoms. The number of ketones is 1. The second-order valence-corrected chi connectivity index (χ2v) is 12.0. The molecule has 1 aliphatic carbocycles. The summed E-state index contributed by atoms with van der Waals surface area (Å²) in [4.78, 5) is 78.3. The first-order chi connectivity index (χ1) is 21.5. The van der Waals surface area contributed by atoms with Gasteiger partial charge in [-0.2, -0.15) is 0 Å². The maximum Gasteiger partial charge on any atom is 0.287 e. The number of nitrogens with zero attached hydrogens (tertiary/aromatic N) is 2. The topological polar surface area (TPSA) is 186 Å². The smallest absolute Gasteiger partial charge is 0.287 e. The Morgan fingerprint density at radius 3 is 2.62 bits per heavy atom. The molecule has 0 radical (unpaired) electrons. The third kappa shape index (κ3) is 7.14. The van der Waals surface area contributed by atoms with Crippen molar-refractivity contribution >= 4 is 46.1 Å². The molecule has 5 rings (SSSR count). The molecule has 0 spiro atoms. The van der Waals surface area contributed by atoms with E-state index in [1.807, 2.05) is 7.05 Å². The van der Waals surface area contributed by atoms with Crippen molar-refractivity contribution in [3.63, 3.8) is 0 Å². The Kier molecular flexibility index (Phi) is 9.47. The molecule has 2 fully saturated rings. The predicted molar refractivity (Wildman–Crippen MR) is 165 cm³/mol. The molecule has 1 saturated heterocycles. The summed E-state index contributed by atoms with van der Waals surface area (Å²) in [7, 11) is 2.00. The third-order valence-corrected chi connectivity index (χ3v) is 8.80. The molecule has 1 aromatic carbocycles. The number of furan rings is 1. The van der Waals surface area contributed by atoms with Crippen molar-refractivity contribution < 1.29 is 28.4 Å². The fourth-order valence-corrected chi connectivity index (χ4v) is 6.52. The Labute approximate surface area is 259 Å². The van der Waals surface area contributed by atoms with E-state index in [4.69, 9.17) is 10.2 Å². The van der Waals surface area contributed by atoms with Crippen LogP contribution in [0.15, 0.2) is 51.8 Å². The van der Waals surface area contributed by atoms with Crippen molar-refractivity contribution in [3.8, 4) is 0 Å². The van der Waals surface area contributed by atoms with Gasteiger partial charge in [0.15, 0.2) is 5.76 Å². The van der Waals surface area contributed by atoms with Crippen LogP contribution < -0.4 is 27.2 Å². The lowest BCUT2D eigenvalue weighted by Crippen LogP contribution is -2.57. The minimum absolute atomic E-state index is 0.0179. The molecule has 1 saturated carbocycles. The molecule has 2 aliphatic rings. The molecule has 4 amide bonds. The standard InChI is InChI=1S/C32H38N6O7/c1-18-21-9-3-4-11-25(21)45-27(18)31(43)34-22(12-13-24(39)28(33)41)30(42)35-23-10-6-14-38(32(23)44)17-26(40)36-29-20-8-5-7-19(15-20)16-37(29)2/h3-4,6,9-11,14,19-20,22,29H,5,7-8,12-13,15-17H2,1-2H3,(H2,33,41)(H,34,43)(H,35,42)(H,36,40). The molecular formula is C32H38N6O7. The van der Waals surface area contributed by atoms with Crippen LogP contribution in [0.5, 0.6) is 0 Å². The molecule has 13 heteroatoms. The second kappa shape index (κ2) is 13.5. The number of aryl methyl sites for hydroxylation is 1. The highest BCUT2D eigenvalue weighted by molar-refractivity contribution is 6.35. The number of hydrogen-bond donors (Lipinski definition) is 4. The van der Waals surface area contributed by atoms with Crippen LogP contribution >= 0.6 is 0 Å². The first-order valence-corrected chi connectivity index (χ1v) is 15.1. The van der Waals surface area contributed by atoms with Crippen LogP contribution in [-0.4, -0.2) is 64.7 Å². The number of rotatable bonds is 11. The lowest BCUT2D eigenvalue weighted by Gasteiger charge is -2.46. The molecule has 238 valence electrons. The number of primary amides is 1. The molecule has 4 atom stereocenters. The summed E-state index contributed by atoms with van der Waals surface area (Å²) in [5.74, 6) is -2.92. The van der Waals surface area contributed by atoms with E-state index in [1.165, 1.54) is 29.3 Å². The second-order valence-electron chi connectivity index (χ2n) is 12.0. The highest BCUT2D eigenvalue weighted by atomic mass is 16.3. The Morgan fingerprint density at radius 1 is 1.09 bits per heavy atom. The Hall–Kier alpha value is -4.78. The van der Waals surface area contributed by atoms with Gasteiger partial charge in [0.2, 0.25) is 17.6 Å². The quantitative estimate of drug-likeness (QED) is 0.234.